The Bertz CT molecular complexity index is 307. The third kappa shape index (κ3) is 2.27. The predicted molar refractivity (Wildman–Crippen MR) is 33.0 cm³/mol. The summed E-state index contributed by atoms with van der Waals surface area (Å²) in [6, 6.07) is 1.68. The lowest BCUT2D eigenvalue weighted by atomic mass is 10.4. The average molecular weight is 175 g/mol. The van der Waals surface area contributed by atoms with Crippen LogP contribution in [0.1, 0.15) is 5.56 Å². The number of rotatable bonds is 1. The summed E-state index contributed by atoms with van der Waals surface area (Å²) in [5.41, 5.74) is 0.124. The Kier molecular flexibility index (Phi) is 2.04. The molecule has 0 aliphatic heterocycles. The van der Waals surface area contributed by atoms with Crippen molar-refractivity contribution in [3.05, 3.63) is 18.0 Å². The average Bonchev–Trinajstić information content (AvgIpc) is 2.32. The monoisotopic (exact) mass is 175 g/mol. The van der Waals surface area contributed by atoms with Crippen LogP contribution in [0, 0.1) is 11.3 Å². The molecule has 1 heterocycles. The number of hydrogen-bond acceptors (Lipinski definition) is 2. The van der Waals surface area contributed by atoms with Gasteiger partial charge in [-0.1, -0.05) is 0 Å². The van der Waals surface area contributed by atoms with E-state index in [2.05, 4.69) is 5.10 Å². The summed E-state index contributed by atoms with van der Waals surface area (Å²) in [6.07, 6.45) is -2.15. The van der Waals surface area contributed by atoms with Crippen molar-refractivity contribution in [1.82, 2.24) is 9.78 Å². The molecule has 0 aliphatic rings. The molecule has 6 heteroatoms. The van der Waals surface area contributed by atoms with Crippen LogP contribution in [0.4, 0.5) is 13.2 Å². The molecular formula is C6H4F3N3. The van der Waals surface area contributed by atoms with Gasteiger partial charge in [0.2, 0.25) is 0 Å². The van der Waals surface area contributed by atoms with Crippen LogP contribution < -0.4 is 0 Å². The van der Waals surface area contributed by atoms with Gasteiger partial charge in [-0.15, -0.1) is 0 Å². The summed E-state index contributed by atoms with van der Waals surface area (Å²) >= 11 is 0. The van der Waals surface area contributed by atoms with Crippen LogP contribution in [-0.2, 0) is 6.54 Å². The summed E-state index contributed by atoms with van der Waals surface area (Å²) in [5, 5.41) is 11.6. The zero-order chi connectivity index (χ0) is 9.19. The van der Waals surface area contributed by atoms with Gasteiger partial charge in [-0.05, 0) is 0 Å². The van der Waals surface area contributed by atoms with E-state index in [0.717, 1.165) is 12.4 Å². The van der Waals surface area contributed by atoms with E-state index < -0.39 is 12.7 Å². The molecule has 0 amide bonds. The number of alkyl halides is 3. The van der Waals surface area contributed by atoms with Gasteiger partial charge in [0.05, 0.1) is 11.8 Å². The Labute approximate surface area is 66.0 Å². The van der Waals surface area contributed by atoms with Gasteiger partial charge in [0.25, 0.3) is 0 Å². The number of nitriles is 1. The summed E-state index contributed by atoms with van der Waals surface area (Å²) in [4.78, 5) is 0. The van der Waals surface area contributed by atoms with Crippen LogP contribution in [0.2, 0.25) is 0 Å². The zero-order valence-electron chi connectivity index (χ0n) is 5.84. The first-order valence-corrected chi connectivity index (χ1v) is 3.00. The number of nitrogens with zero attached hydrogens (tertiary/aromatic N) is 3. The fraction of sp³-hybridized carbons (Fsp3) is 0.333. The number of aromatic nitrogens is 2. The van der Waals surface area contributed by atoms with Gasteiger partial charge in [0, 0.05) is 6.20 Å². The molecule has 0 N–H and O–H groups in total. The zero-order valence-corrected chi connectivity index (χ0v) is 5.84. The third-order valence-corrected chi connectivity index (χ3v) is 1.10. The Balaban J connectivity index is 2.72. The van der Waals surface area contributed by atoms with Crippen molar-refractivity contribution >= 4 is 0 Å². The normalized spacial score (nSPS) is 11.2. The van der Waals surface area contributed by atoms with Crippen molar-refractivity contribution in [2.45, 2.75) is 12.7 Å². The molecule has 0 unspecified atom stereocenters. The first kappa shape index (κ1) is 8.59. The maximum Gasteiger partial charge on any atom is 0.408 e. The van der Waals surface area contributed by atoms with Gasteiger partial charge < -0.3 is 0 Å². The Morgan fingerprint density at radius 1 is 1.58 bits per heavy atom. The molecule has 0 bridgehead atoms. The highest BCUT2D eigenvalue weighted by Gasteiger charge is 2.28. The molecule has 0 saturated heterocycles. The molecule has 0 aromatic carbocycles. The highest BCUT2D eigenvalue weighted by atomic mass is 19.4. The van der Waals surface area contributed by atoms with E-state index in [1.54, 1.807) is 6.07 Å². The van der Waals surface area contributed by atoms with Crippen molar-refractivity contribution in [3.63, 3.8) is 0 Å². The minimum Gasteiger partial charge on any atom is -0.262 e. The third-order valence-electron chi connectivity index (χ3n) is 1.10. The van der Waals surface area contributed by atoms with E-state index >= 15 is 0 Å². The van der Waals surface area contributed by atoms with Gasteiger partial charge in [0.15, 0.2) is 0 Å². The van der Waals surface area contributed by atoms with E-state index in [1.165, 1.54) is 0 Å². The molecule has 1 aromatic heterocycles. The van der Waals surface area contributed by atoms with Gasteiger partial charge in [0.1, 0.15) is 12.6 Å². The van der Waals surface area contributed by atoms with Crippen LogP contribution in [0.25, 0.3) is 0 Å². The fourth-order valence-corrected chi connectivity index (χ4v) is 0.691. The van der Waals surface area contributed by atoms with Crippen LogP contribution in [-0.4, -0.2) is 16.0 Å². The number of hydrogen-bond donors (Lipinski definition) is 0. The molecule has 0 aliphatic carbocycles. The SMILES string of the molecule is N#Cc1cnn(CC(F)(F)F)c1. The largest absolute Gasteiger partial charge is 0.408 e. The van der Waals surface area contributed by atoms with Crippen LogP contribution in [0.3, 0.4) is 0 Å². The second-order valence-corrected chi connectivity index (χ2v) is 2.15. The lowest BCUT2D eigenvalue weighted by Gasteiger charge is -2.04. The van der Waals surface area contributed by atoms with Crippen molar-refractivity contribution in [3.8, 4) is 6.07 Å². The van der Waals surface area contributed by atoms with Crippen LogP contribution in [0.5, 0.6) is 0 Å². The quantitative estimate of drug-likeness (QED) is 0.645. The van der Waals surface area contributed by atoms with Gasteiger partial charge in [-0.25, -0.2) is 0 Å². The number of halogens is 3. The van der Waals surface area contributed by atoms with Gasteiger partial charge >= 0.3 is 6.18 Å². The van der Waals surface area contributed by atoms with E-state index in [9.17, 15) is 13.2 Å². The highest BCUT2D eigenvalue weighted by molar-refractivity contribution is 5.21. The Hall–Kier alpha value is -1.51. The molecule has 0 saturated carbocycles. The molecule has 1 aromatic rings. The summed E-state index contributed by atoms with van der Waals surface area (Å²) in [6.45, 7) is -1.16. The standard InChI is InChI=1S/C6H4F3N3/c7-6(8,9)4-12-3-5(1-10)2-11-12/h2-3H,4H2. The fourth-order valence-electron chi connectivity index (χ4n) is 0.691. The van der Waals surface area contributed by atoms with Crippen molar-refractivity contribution in [2.24, 2.45) is 0 Å². The summed E-state index contributed by atoms with van der Waals surface area (Å²) < 4.78 is 35.8. The minimum atomic E-state index is -4.29. The molecule has 64 valence electrons. The van der Waals surface area contributed by atoms with E-state index in [0.29, 0.717) is 4.68 Å². The van der Waals surface area contributed by atoms with E-state index in [4.69, 9.17) is 5.26 Å². The molecule has 0 radical (unpaired) electrons. The maximum atomic E-state index is 11.7. The van der Waals surface area contributed by atoms with Crippen molar-refractivity contribution in [1.29, 1.82) is 5.26 Å². The summed E-state index contributed by atoms with van der Waals surface area (Å²) in [7, 11) is 0. The molecule has 0 fully saturated rings. The molecular weight excluding hydrogens is 171 g/mol. The Morgan fingerprint density at radius 2 is 2.25 bits per heavy atom. The molecule has 12 heavy (non-hydrogen) atoms. The first-order chi connectivity index (χ1) is 5.51. The van der Waals surface area contributed by atoms with Gasteiger partial charge in [-0.3, -0.25) is 4.68 Å². The first-order valence-electron chi connectivity index (χ1n) is 3.00. The van der Waals surface area contributed by atoms with Crippen LogP contribution >= 0.6 is 0 Å². The van der Waals surface area contributed by atoms with Crippen molar-refractivity contribution < 1.29 is 13.2 Å². The van der Waals surface area contributed by atoms with E-state index in [1.807, 2.05) is 0 Å². The molecule has 3 nitrogen and oxygen atoms in total. The molecule has 0 atom stereocenters. The second-order valence-electron chi connectivity index (χ2n) is 2.15. The second kappa shape index (κ2) is 2.85. The van der Waals surface area contributed by atoms with E-state index in [-0.39, 0.29) is 5.56 Å². The van der Waals surface area contributed by atoms with Gasteiger partial charge in [-0.2, -0.15) is 23.5 Å². The van der Waals surface area contributed by atoms with Crippen LogP contribution in [0.15, 0.2) is 12.4 Å². The smallest absolute Gasteiger partial charge is 0.262 e. The topological polar surface area (TPSA) is 41.6 Å². The molecule has 1 rings (SSSR count). The highest BCUT2D eigenvalue weighted by Crippen LogP contribution is 2.16. The lowest BCUT2D eigenvalue weighted by molar-refractivity contribution is -0.142. The summed E-state index contributed by atoms with van der Waals surface area (Å²) in [5.74, 6) is 0. The lowest BCUT2D eigenvalue weighted by Crippen LogP contribution is -2.17. The Morgan fingerprint density at radius 3 is 2.67 bits per heavy atom. The maximum absolute atomic E-state index is 11.7. The minimum absolute atomic E-state index is 0.124. The molecule has 0 spiro atoms. The predicted octanol–water partition coefficient (Wildman–Crippen LogP) is 1.32. The van der Waals surface area contributed by atoms with Crippen molar-refractivity contribution in [2.75, 3.05) is 0 Å².